The van der Waals surface area contributed by atoms with Crippen molar-refractivity contribution in [1.82, 2.24) is 9.29 Å². The number of hydrogen-bond acceptors (Lipinski definition) is 4. The molecule has 0 bridgehead atoms. The van der Waals surface area contributed by atoms with Gasteiger partial charge in [0.25, 0.3) is 0 Å². The maximum absolute atomic E-state index is 13.0. The zero-order valence-corrected chi connectivity index (χ0v) is 12.1. The number of aromatic nitrogens is 1. The van der Waals surface area contributed by atoms with Crippen LogP contribution < -0.4 is 0 Å². The molecule has 1 aliphatic heterocycles. The molecule has 1 atom stereocenters. The van der Waals surface area contributed by atoms with Crippen LogP contribution in [0.1, 0.15) is 18.4 Å². The highest BCUT2D eigenvalue weighted by Gasteiger charge is 2.42. The Labute approximate surface area is 120 Å². The lowest BCUT2D eigenvalue weighted by molar-refractivity contribution is -0.140. The maximum Gasteiger partial charge on any atom is 0.417 e. The predicted octanol–water partition coefficient (Wildman–Crippen LogP) is 1.90. The highest BCUT2D eigenvalue weighted by molar-refractivity contribution is 7.89. The lowest BCUT2D eigenvalue weighted by Crippen LogP contribution is -2.38. The van der Waals surface area contributed by atoms with E-state index < -0.39 is 32.7 Å². The summed E-state index contributed by atoms with van der Waals surface area (Å²) in [5.41, 5.74) is -1.19. The van der Waals surface area contributed by atoms with Gasteiger partial charge in [-0.05, 0) is 18.9 Å². The summed E-state index contributed by atoms with van der Waals surface area (Å²) in [5, 5.41) is 0. The van der Waals surface area contributed by atoms with Gasteiger partial charge in [-0.1, -0.05) is 0 Å². The van der Waals surface area contributed by atoms with Crippen LogP contribution in [0.25, 0.3) is 0 Å². The maximum atomic E-state index is 13.0. The van der Waals surface area contributed by atoms with Crippen molar-refractivity contribution in [2.45, 2.75) is 30.0 Å². The molecule has 1 aliphatic rings. The van der Waals surface area contributed by atoms with Gasteiger partial charge in [0.1, 0.15) is 4.90 Å². The van der Waals surface area contributed by atoms with Crippen molar-refractivity contribution in [3.63, 3.8) is 0 Å². The number of ether oxygens (including phenoxy) is 1. The van der Waals surface area contributed by atoms with Crippen molar-refractivity contribution in [1.29, 1.82) is 0 Å². The van der Waals surface area contributed by atoms with E-state index in [0.29, 0.717) is 18.9 Å². The molecule has 5 nitrogen and oxygen atoms in total. The van der Waals surface area contributed by atoms with Crippen molar-refractivity contribution < 1.29 is 26.3 Å². The summed E-state index contributed by atoms with van der Waals surface area (Å²) in [7, 11) is -2.83. The third-order valence-corrected chi connectivity index (χ3v) is 5.34. The van der Waals surface area contributed by atoms with Gasteiger partial charge in [0, 0.05) is 32.1 Å². The second kappa shape index (κ2) is 5.90. The topological polar surface area (TPSA) is 59.5 Å². The lowest BCUT2D eigenvalue weighted by atomic mass is 10.2. The Bertz CT molecular complexity index is 604. The molecule has 1 unspecified atom stereocenters. The molecular formula is C12H15F3N2O3S. The number of halogens is 3. The molecule has 1 aromatic heterocycles. The standard InChI is InChI=1S/C12H15F3N2O3S/c1-20-8-9-3-2-6-17(9)21(18,19)11-7-16-5-4-10(11)12(13,14)15/h4-5,7,9H,2-3,6,8H2,1H3. The van der Waals surface area contributed by atoms with Gasteiger partial charge >= 0.3 is 6.18 Å². The molecule has 1 fully saturated rings. The Morgan fingerprint density at radius 1 is 1.48 bits per heavy atom. The third kappa shape index (κ3) is 3.19. The van der Waals surface area contributed by atoms with E-state index in [4.69, 9.17) is 4.74 Å². The number of sulfonamides is 1. The van der Waals surface area contributed by atoms with Crippen LogP contribution >= 0.6 is 0 Å². The van der Waals surface area contributed by atoms with E-state index in [-0.39, 0.29) is 13.2 Å². The van der Waals surface area contributed by atoms with Crippen LogP contribution in [0.3, 0.4) is 0 Å². The van der Waals surface area contributed by atoms with Crippen molar-refractivity contribution in [2.24, 2.45) is 0 Å². The van der Waals surface area contributed by atoms with Gasteiger partial charge in [-0.3, -0.25) is 4.98 Å². The fraction of sp³-hybridized carbons (Fsp3) is 0.583. The SMILES string of the molecule is COCC1CCCN1S(=O)(=O)c1cnccc1C(F)(F)F. The number of methoxy groups -OCH3 is 1. The minimum atomic E-state index is -4.75. The van der Waals surface area contributed by atoms with Gasteiger partial charge in [0.15, 0.2) is 0 Å². The predicted molar refractivity (Wildman–Crippen MR) is 68.0 cm³/mol. The summed E-state index contributed by atoms with van der Waals surface area (Å²) in [5.74, 6) is 0. The summed E-state index contributed by atoms with van der Waals surface area (Å²) in [6.07, 6.45) is -1.91. The monoisotopic (exact) mass is 324 g/mol. The molecule has 0 amide bonds. The minimum Gasteiger partial charge on any atom is -0.383 e. The highest BCUT2D eigenvalue weighted by Crippen LogP contribution is 2.36. The molecule has 0 aromatic carbocycles. The molecule has 1 saturated heterocycles. The minimum absolute atomic E-state index is 0.154. The quantitative estimate of drug-likeness (QED) is 0.849. The second-order valence-corrected chi connectivity index (χ2v) is 6.60. The Hall–Kier alpha value is -1.19. The van der Waals surface area contributed by atoms with Gasteiger partial charge in [0.2, 0.25) is 10.0 Å². The first-order chi connectivity index (χ1) is 9.78. The van der Waals surface area contributed by atoms with E-state index in [9.17, 15) is 21.6 Å². The normalized spacial score (nSPS) is 20.9. The van der Waals surface area contributed by atoms with Crippen LogP contribution in [0.4, 0.5) is 13.2 Å². The van der Waals surface area contributed by atoms with E-state index in [1.807, 2.05) is 0 Å². The van der Waals surface area contributed by atoms with Gasteiger partial charge in [-0.15, -0.1) is 0 Å². The van der Waals surface area contributed by atoms with Gasteiger partial charge in [-0.25, -0.2) is 8.42 Å². The van der Waals surface area contributed by atoms with Crippen molar-refractivity contribution in [2.75, 3.05) is 20.3 Å². The molecule has 0 spiro atoms. The van der Waals surface area contributed by atoms with Gasteiger partial charge in [-0.2, -0.15) is 17.5 Å². The average molecular weight is 324 g/mol. The highest BCUT2D eigenvalue weighted by atomic mass is 32.2. The largest absolute Gasteiger partial charge is 0.417 e. The summed E-state index contributed by atoms with van der Waals surface area (Å²) in [4.78, 5) is 2.73. The lowest BCUT2D eigenvalue weighted by Gasteiger charge is -2.24. The van der Waals surface area contributed by atoms with Crippen molar-refractivity contribution >= 4 is 10.0 Å². The second-order valence-electron chi connectivity index (χ2n) is 4.74. The van der Waals surface area contributed by atoms with Crippen LogP contribution in [0.5, 0.6) is 0 Å². The molecule has 0 saturated carbocycles. The number of pyridine rings is 1. The van der Waals surface area contributed by atoms with Crippen molar-refractivity contribution in [3.05, 3.63) is 24.0 Å². The molecule has 9 heteroatoms. The van der Waals surface area contributed by atoms with Gasteiger partial charge in [0.05, 0.1) is 12.2 Å². The van der Waals surface area contributed by atoms with E-state index in [1.165, 1.54) is 7.11 Å². The van der Waals surface area contributed by atoms with E-state index in [2.05, 4.69) is 4.98 Å². The fourth-order valence-electron chi connectivity index (χ4n) is 2.43. The third-order valence-electron chi connectivity index (χ3n) is 3.36. The van der Waals surface area contributed by atoms with Crippen molar-refractivity contribution in [3.8, 4) is 0 Å². The number of nitrogens with zero attached hydrogens (tertiary/aromatic N) is 2. The molecule has 0 radical (unpaired) electrons. The van der Waals surface area contributed by atoms with E-state index in [1.54, 1.807) is 0 Å². The molecule has 0 N–H and O–H groups in total. The first-order valence-electron chi connectivity index (χ1n) is 6.30. The molecule has 0 aliphatic carbocycles. The van der Waals surface area contributed by atoms with Crippen LogP contribution in [-0.4, -0.2) is 44.0 Å². The van der Waals surface area contributed by atoms with Crippen LogP contribution in [0.15, 0.2) is 23.4 Å². The number of rotatable bonds is 4. The van der Waals surface area contributed by atoms with E-state index >= 15 is 0 Å². The first kappa shape index (κ1) is 16.2. The molecule has 2 heterocycles. The van der Waals surface area contributed by atoms with Gasteiger partial charge < -0.3 is 4.74 Å². The Morgan fingerprint density at radius 3 is 2.81 bits per heavy atom. The summed E-state index contributed by atoms with van der Waals surface area (Å²) in [6, 6.07) is 0.232. The molecular weight excluding hydrogens is 309 g/mol. The molecule has 118 valence electrons. The number of hydrogen-bond donors (Lipinski definition) is 0. The molecule has 1 aromatic rings. The van der Waals surface area contributed by atoms with Crippen LogP contribution in [0.2, 0.25) is 0 Å². The zero-order chi connectivity index (χ0) is 15.7. The Balaban J connectivity index is 2.45. The summed E-state index contributed by atoms with van der Waals surface area (Å²) < 4.78 is 70.0. The Morgan fingerprint density at radius 2 is 2.19 bits per heavy atom. The van der Waals surface area contributed by atoms with Crippen LogP contribution in [-0.2, 0) is 20.9 Å². The molecule has 21 heavy (non-hydrogen) atoms. The van der Waals surface area contributed by atoms with E-state index in [0.717, 1.165) is 16.7 Å². The Kier molecular flexibility index (Phi) is 4.54. The summed E-state index contributed by atoms with van der Waals surface area (Å²) in [6.45, 7) is 0.337. The fourth-order valence-corrected chi connectivity index (χ4v) is 4.27. The van der Waals surface area contributed by atoms with Crippen LogP contribution in [0, 0.1) is 0 Å². The zero-order valence-electron chi connectivity index (χ0n) is 11.3. The number of alkyl halides is 3. The summed E-state index contributed by atoms with van der Waals surface area (Å²) >= 11 is 0. The molecule has 2 rings (SSSR count). The smallest absolute Gasteiger partial charge is 0.383 e. The average Bonchev–Trinajstić information content (AvgIpc) is 2.87. The first-order valence-corrected chi connectivity index (χ1v) is 7.74.